The molecule has 132 valence electrons. The number of rotatable bonds is 2. The summed E-state index contributed by atoms with van der Waals surface area (Å²) >= 11 is 1.92. The van der Waals surface area contributed by atoms with Crippen LogP contribution < -0.4 is 11.2 Å². The van der Waals surface area contributed by atoms with Crippen LogP contribution in [0.1, 0.15) is 24.3 Å². The summed E-state index contributed by atoms with van der Waals surface area (Å²) in [5.74, 6) is 0. The average Bonchev–Trinajstić information content (AvgIpc) is 2.64. The molecule has 0 amide bonds. The van der Waals surface area contributed by atoms with Gasteiger partial charge in [-0.05, 0) is 29.0 Å². The van der Waals surface area contributed by atoms with Crippen LogP contribution in [0.25, 0.3) is 0 Å². The molecule has 0 unspecified atom stereocenters. The van der Waals surface area contributed by atoms with Gasteiger partial charge in [0.05, 0.1) is 28.9 Å². The molecule has 1 aromatic heterocycles. The Hall–Kier alpha value is -1.49. The number of nitrogens with one attached hydrogen (secondary N) is 1. The Morgan fingerprint density at radius 3 is 2.68 bits per heavy atom. The van der Waals surface area contributed by atoms with E-state index in [0.717, 1.165) is 5.56 Å². The van der Waals surface area contributed by atoms with Crippen LogP contribution in [0.3, 0.4) is 0 Å². The number of halogens is 1. The molecule has 0 aliphatic carbocycles. The summed E-state index contributed by atoms with van der Waals surface area (Å²) in [7, 11) is 0. The molecule has 2 saturated heterocycles. The second kappa shape index (κ2) is 7.02. The Morgan fingerprint density at radius 2 is 1.88 bits per heavy atom. The lowest BCUT2D eigenvalue weighted by Crippen LogP contribution is -2.49. The van der Waals surface area contributed by atoms with E-state index in [4.69, 9.17) is 14.2 Å². The molecule has 2 aliphatic rings. The zero-order valence-electron chi connectivity index (χ0n) is 13.3. The number of hydrogen-bond acceptors (Lipinski definition) is 5. The van der Waals surface area contributed by atoms with Gasteiger partial charge in [0, 0.05) is 11.8 Å². The van der Waals surface area contributed by atoms with Crippen LogP contribution in [0.4, 0.5) is 0 Å². The van der Waals surface area contributed by atoms with Crippen molar-refractivity contribution in [2.24, 2.45) is 0 Å². The summed E-state index contributed by atoms with van der Waals surface area (Å²) in [4.78, 5) is 26.0. The third-order valence-electron chi connectivity index (χ3n) is 4.52. The Morgan fingerprint density at radius 1 is 1.08 bits per heavy atom. The van der Waals surface area contributed by atoms with Gasteiger partial charge in [-0.3, -0.25) is 14.3 Å². The molecule has 4 rings (SSSR count). The van der Waals surface area contributed by atoms with Gasteiger partial charge in [-0.1, -0.05) is 30.3 Å². The molecule has 4 atom stereocenters. The highest BCUT2D eigenvalue weighted by molar-refractivity contribution is 14.1. The molecule has 2 aliphatic heterocycles. The van der Waals surface area contributed by atoms with Gasteiger partial charge in [-0.2, -0.15) is 0 Å². The number of hydrogen-bond donors (Lipinski definition) is 1. The zero-order chi connectivity index (χ0) is 17.4. The molecule has 8 heteroatoms. The minimum absolute atomic E-state index is 0.145. The van der Waals surface area contributed by atoms with Crippen molar-refractivity contribution in [2.75, 3.05) is 13.2 Å². The van der Waals surface area contributed by atoms with Gasteiger partial charge in [0.25, 0.3) is 5.56 Å². The molecule has 1 N–H and O–H groups in total. The van der Waals surface area contributed by atoms with E-state index < -0.39 is 12.0 Å². The predicted molar refractivity (Wildman–Crippen MR) is 97.4 cm³/mol. The molecule has 0 bridgehead atoms. The van der Waals surface area contributed by atoms with Crippen LogP contribution in [0.5, 0.6) is 0 Å². The number of aromatic nitrogens is 2. The van der Waals surface area contributed by atoms with Gasteiger partial charge in [-0.25, -0.2) is 4.79 Å². The molecular formula is C17H17IN2O5. The third-order valence-corrected chi connectivity index (χ3v) is 5.29. The highest BCUT2D eigenvalue weighted by Gasteiger charge is 2.39. The molecule has 0 saturated carbocycles. The van der Waals surface area contributed by atoms with Gasteiger partial charge in [0.1, 0.15) is 6.10 Å². The maximum Gasteiger partial charge on any atom is 0.328 e. The standard InChI is InChI=1S/C17H17IN2O5/c18-12-7-20(17(22)19-15(12)21)11-6-13-14(23-8-11)9-24-16(25-13)10-4-2-1-3-5-10/h1-5,7,11,13-14,16H,6,8-9H2,(H,19,21,22)/t11-,13-,14+,16+/m0/s1/i18-2. The maximum absolute atomic E-state index is 12.1. The van der Waals surface area contributed by atoms with Crippen molar-refractivity contribution in [3.63, 3.8) is 0 Å². The zero-order valence-corrected chi connectivity index (χ0v) is 15.4. The summed E-state index contributed by atoms with van der Waals surface area (Å²) in [5, 5.41) is 0. The molecule has 7 nitrogen and oxygen atoms in total. The highest BCUT2D eigenvalue weighted by Crippen LogP contribution is 2.34. The average molecular weight is 454 g/mol. The number of H-pyrrole nitrogens is 1. The van der Waals surface area contributed by atoms with Crippen LogP contribution in [0.2, 0.25) is 0 Å². The van der Waals surface area contributed by atoms with Crippen molar-refractivity contribution in [2.45, 2.75) is 31.0 Å². The SMILES string of the molecule is O=c1[nH]c(=O)n([C@@H]2CO[C@@H]3CO[C@@H](c4ccccc4)O[C@H]3C2)cc1[125I]. The van der Waals surface area contributed by atoms with E-state index in [-0.39, 0.29) is 23.8 Å². The fourth-order valence-corrected chi connectivity index (χ4v) is 3.65. The molecule has 0 radical (unpaired) electrons. The molecule has 0 spiro atoms. The highest BCUT2D eigenvalue weighted by atomic mass is 125. The van der Waals surface area contributed by atoms with Gasteiger partial charge in [0.2, 0.25) is 0 Å². The first-order chi connectivity index (χ1) is 12.1. The van der Waals surface area contributed by atoms with Crippen LogP contribution in [0.15, 0.2) is 46.1 Å². The summed E-state index contributed by atoms with van der Waals surface area (Å²) in [5.41, 5.74) is 0.158. The van der Waals surface area contributed by atoms with E-state index in [0.29, 0.717) is 23.2 Å². The maximum atomic E-state index is 12.1. The molecule has 3 heterocycles. The Bertz CT molecular complexity index is 865. The van der Waals surface area contributed by atoms with Gasteiger partial charge >= 0.3 is 5.69 Å². The molecule has 25 heavy (non-hydrogen) atoms. The van der Waals surface area contributed by atoms with Crippen molar-refractivity contribution >= 4 is 22.6 Å². The second-order valence-electron chi connectivity index (χ2n) is 6.16. The minimum Gasteiger partial charge on any atom is -0.371 e. The summed E-state index contributed by atoms with van der Waals surface area (Å²) in [6.45, 7) is 0.834. The molecular weight excluding hydrogens is 437 g/mol. The van der Waals surface area contributed by atoms with Crippen molar-refractivity contribution < 1.29 is 14.2 Å². The third kappa shape index (κ3) is 3.43. The van der Waals surface area contributed by atoms with E-state index in [1.54, 1.807) is 6.20 Å². The molecule has 2 fully saturated rings. The summed E-state index contributed by atoms with van der Waals surface area (Å²) in [6, 6.07) is 9.56. The van der Waals surface area contributed by atoms with Crippen molar-refractivity contribution in [1.82, 2.24) is 9.55 Å². The number of nitrogens with zero attached hydrogens (tertiary/aromatic N) is 1. The first kappa shape index (κ1) is 17.0. The lowest BCUT2D eigenvalue weighted by molar-refractivity contribution is -0.282. The van der Waals surface area contributed by atoms with Crippen molar-refractivity contribution in [3.05, 3.63) is 66.5 Å². The van der Waals surface area contributed by atoms with E-state index in [2.05, 4.69) is 4.98 Å². The van der Waals surface area contributed by atoms with E-state index >= 15 is 0 Å². The number of benzene rings is 1. The smallest absolute Gasteiger partial charge is 0.328 e. The van der Waals surface area contributed by atoms with Crippen LogP contribution in [0, 0.1) is 3.57 Å². The predicted octanol–water partition coefficient (Wildman–Crippen LogP) is 1.59. The summed E-state index contributed by atoms with van der Waals surface area (Å²) < 4.78 is 19.7. The lowest BCUT2D eigenvalue weighted by atomic mass is 10.0. The first-order valence-corrected chi connectivity index (χ1v) is 9.14. The van der Waals surface area contributed by atoms with Gasteiger partial charge in [-0.15, -0.1) is 0 Å². The minimum atomic E-state index is -0.433. The number of aromatic amines is 1. The second-order valence-corrected chi connectivity index (χ2v) is 7.32. The monoisotopic (exact) mass is 454 g/mol. The summed E-state index contributed by atoms with van der Waals surface area (Å²) in [6.07, 6.45) is 1.45. The van der Waals surface area contributed by atoms with Gasteiger partial charge in [0.15, 0.2) is 6.29 Å². The molecule has 2 aromatic rings. The largest absolute Gasteiger partial charge is 0.371 e. The quantitative estimate of drug-likeness (QED) is 0.698. The first-order valence-electron chi connectivity index (χ1n) is 8.06. The fourth-order valence-electron chi connectivity index (χ4n) is 3.22. The normalized spacial score (nSPS) is 29.2. The van der Waals surface area contributed by atoms with Crippen LogP contribution in [-0.4, -0.2) is 35.0 Å². The van der Waals surface area contributed by atoms with E-state index in [9.17, 15) is 9.59 Å². The Kier molecular flexibility index (Phi) is 4.76. The molecule has 1 aromatic carbocycles. The number of ether oxygens (including phenoxy) is 3. The topological polar surface area (TPSA) is 82.6 Å². The van der Waals surface area contributed by atoms with E-state index in [1.165, 1.54) is 4.57 Å². The van der Waals surface area contributed by atoms with Crippen molar-refractivity contribution in [1.29, 1.82) is 0 Å². The fraction of sp³-hybridized carbons (Fsp3) is 0.412. The Balaban J connectivity index is 1.54. The van der Waals surface area contributed by atoms with Crippen LogP contribution >= 0.6 is 22.6 Å². The van der Waals surface area contributed by atoms with Crippen molar-refractivity contribution in [3.8, 4) is 0 Å². The Labute approximate surface area is 157 Å². The lowest BCUT2D eigenvalue weighted by Gasteiger charge is -2.42. The van der Waals surface area contributed by atoms with E-state index in [1.807, 2.05) is 52.9 Å². The number of fused-ring (bicyclic) bond motifs is 1. The van der Waals surface area contributed by atoms with Crippen LogP contribution in [-0.2, 0) is 14.2 Å². The van der Waals surface area contributed by atoms with Gasteiger partial charge < -0.3 is 14.2 Å².